The number of aliphatic hydroxyl groups is 2. The van der Waals surface area contributed by atoms with E-state index in [0.29, 0.717) is 16.9 Å². The number of hydrogen-bond acceptors (Lipinski definition) is 6. The first-order valence-corrected chi connectivity index (χ1v) is 7.09. The lowest BCUT2D eigenvalue weighted by Crippen LogP contribution is -2.07. The molecule has 0 aliphatic carbocycles. The highest BCUT2D eigenvalue weighted by molar-refractivity contribution is 5.99. The predicted molar refractivity (Wildman–Crippen MR) is 88.8 cm³/mol. The van der Waals surface area contributed by atoms with E-state index in [2.05, 4.69) is 26.8 Å². The second-order valence-corrected chi connectivity index (χ2v) is 5.00. The summed E-state index contributed by atoms with van der Waals surface area (Å²) in [5, 5.41) is 21.8. The van der Waals surface area contributed by atoms with Crippen molar-refractivity contribution in [2.45, 2.75) is 6.29 Å². The molecular formula is C17H14N4O3. The minimum absolute atomic E-state index is 0.0698. The van der Waals surface area contributed by atoms with E-state index in [1.807, 2.05) is 12.1 Å². The molecular weight excluding hydrogens is 308 g/mol. The molecule has 0 bridgehead atoms. The summed E-state index contributed by atoms with van der Waals surface area (Å²) in [4.78, 5) is 23.7. The summed E-state index contributed by atoms with van der Waals surface area (Å²) in [6.07, 6.45) is 2.57. The molecule has 0 atom stereocenters. The molecule has 2 heterocycles. The minimum Gasteiger partial charge on any atom is -0.362 e. The van der Waals surface area contributed by atoms with Gasteiger partial charge in [0.15, 0.2) is 5.82 Å². The monoisotopic (exact) mass is 322 g/mol. The second-order valence-electron chi connectivity index (χ2n) is 5.00. The van der Waals surface area contributed by atoms with Crippen molar-refractivity contribution in [3.05, 3.63) is 61.2 Å². The van der Waals surface area contributed by atoms with Gasteiger partial charge in [-0.1, -0.05) is 18.7 Å². The summed E-state index contributed by atoms with van der Waals surface area (Å²) in [5.74, 6) is -0.375. The number of anilines is 1. The van der Waals surface area contributed by atoms with Gasteiger partial charge in [-0.25, -0.2) is 9.97 Å². The molecule has 0 fully saturated rings. The quantitative estimate of drug-likeness (QED) is 0.499. The van der Waals surface area contributed by atoms with Crippen LogP contribution in [0.3, 0.4) is 0 Å². The molecule has 1 amide bonds. The molecule has 3 N–H and O–H groups in total. The maximum atomic E-state index is 11.4. The van der Waals surface area contributed by atoms with Gasteiger partial charge in [0.2, 0.25) is 12.2 Å². The molecule has 2 aromatic heterocycles. The lowest BCUT2D eigenvalue weighted by Gasteiger charge is -2.07. The van der Waals surface area contributed by atoms with Crippen LogP contribution in [0.25, 0.3) is 22.2 Å². The molecule has 3 rings (SSSR count). The van der Waals surface area contributed by atoms with Gasteiger partial charge < -0.3 is 15.5 Å². The van der Waals surface area contributed by atoms with E-state index >= 15 is 0 Å². The highest BCUT2D eigenvalue weighted by atomic mass is 16.5. The Morgan fingerprint density at radius 2 is 2.04 bits per heavy atom. The van der Waals surface area contributed by atoms with E-state index in [4.69, 9.17) is 0 Å². The van der Waals surface area contributed by atoms with Crippen molar-refractivity contribution in [3.8, 4) is 11.3 Å². The van der Waals surface area contributed by atoms with Gasteiger partial charge in [0, 0.05) is 29.0 Å². The highest BCUT2D eigenvalue weighted by Gasteiger charge is 2.09. The van der Waals surface area contributed by atoms with Gasteiger partial charge in [0.05, 0.1) is 11.2 Å². The molecule has 3 aromatic rings. The van der Waals surface area contributed by atoms with Crippen LogP contribution in [0.5, 0.6) is 0 Å². The lowest BCUT2D eigenvalue weighted by molar-refractivity contribution is -0.111. The molecule has 0 radical (unpaired) electrons. The Bertz CT molecular complexity index is 925. The van der Waals surface area contributed by atoms with E-state index in [1.165, 1.54) is 12.3 Å². The zero-order valence-electron chi connectivity index (χ0n) is 12.5. The average Bonchev–Trinajstić information content (AvgIpc) is 2.60. The summed E-state index contributed by atoms with van der Waals surface area (Å²) >= 11 is 0. The van der Waals surface area contributed by atoms with Crippen LogP contribution in [0.15, 0.2) is 55.4 Å². The zero-order valence-corrected chi connectivity index (χ0v) is 12.5. The number of nitrogens with one attached hydrogen (secondary N) is 1. The van der Waals surface area contributed by atoms with E-state index < -0.39 is 6.29 Å². The first kappa shape index (κ1) is 15.7. The van der Waals surface area contributed by atoms with E-state index in [-0.39, 0.29) is 11.7 Å². The summed E-state index contributed by atoms with van der Waals surface area (Å²) in [6.45, 7) is 3.41. The summed E-state index contributed by atoms with van der Waals surface area (Å²) in [6, 6.07) is 8.83. The van der Waals surface area contributed by atoms with Crippen LogP contribution < -0.4 is 5.32 Å². The number of aromatic nitrogens is 3. The number of pyridine rings is 1. The molecule has 0 saturated carbocycles. The minimum atomic E-state index is -1.73. The number of fused-ring (bicyclic) bond motifs is 1. The Hall–Kier alpha value is -3.16. The predicted octanol–water partition coefficient (Wildman–Crippen LogP) is 1.80. The number of carbonyl (C=O) groups excluding carboxylic acids is 1. The molecule has 7 heteroatoms. The van der Waals surface area contributed by atoms with Crippen LogP contribution in [-0.4, -0.2) is 31.1 Å². The first-order chi connectivity index (χ1) is 11.6. The third-order valence-corrected chi connectivity index (χ3v) is 3.34. The van der Waals surface area contributed by atoms with Crippen LogP contribution in [0.1, 0.15) is 12.1 Å². The van der Waals surface area contributed by atoms with Crippen LogP contribution in [-0.2, 0) is 4.79 Å². The third kappa shape index (κ3) is 3.27. The molecule has 0 aliphatic heterocycles. The fraction of sp³-hybridized carbons (Fsp3) is 0.0588. The maximum Gasteiger partial charge on any atom is 0.247 e. The number of benzene rings is 1. The van der Waals surface area contributed by atoms with Crippen LogP contribution in [0.2, 0.25) is 0 Å². The molecule has 0 saturated heterocycles. The fourth-order valence-corrected chi connectivity index (χ4v) is 2.18. The fourth-order valence-electron chi connectivity index (χ4n) is 2.18. The topological polar surface area (TPSA) is 108 Å². The molecule has 7 nitrogen and oxygen atoms in total. The first-order valence-electron chi connectivity index (χ1n) is 7.09. The Morgan fingerprint density at radius 3 is 2.79 bits per heavy atom. The normalized spacial score (nSPS) is 10.8. The Morgan fingerprint density at radius 1 is 1.21 bits per heavy atom. The smallest absolute Gasteiger partial charge is 0.247 e. The molecule has 0 aliphatic rings. The number of nitrogens with zero attached hydrogens (tertiary/aromatic N) is 3. The highest BCUT2D eigenvalue weighted by Crippen LogP contribution is 2.24. The summed E-state index contributed by atoms with van der Waals surface area (Å²) in [7, 11) is 0. The number of rotatable bonds is 4. The van der Waals surface area contributed by atoms with Crippen molar-refractivity contribution in [2.75, 3.05) is 5.32 Å². The molecule has 0 spiro atoms. The largest absolute Gasteiger partial charge is 0.362 e. The summed E-state index contributed by atoms with van der Waals surface area (Å²) < 4.78 is 0. The number of hydrogen-bond donors (Lipinski definition) is 3. The molecule has 0 unspecified atom stereocenters. The van der Waals surface area contributed by atoms with Gasteiger partial charge in [-0.3, -0.25) is 9.78 Å². The van der Waals surface area contributed by atoms with Crippen molar-refractivity contribution in [1.29, 1.82) is 0 Å². The molecule has 120 valence electrons. The zero-order chi connectivity index (χ0) is 17.1. The molecule has 24 heavy (non-hydrogen) atoms. The van der Waals surface area contributed by atoms with Gasteiger partial charge in [-0.05, 0) is 24.3 Å². The average molecular weight is 322 g/mol. The van der Waals surface area contributed by atoms with Gasteiger partial charge in [0.1, 0.15) is 0 Å². The van der Waals surface area contributed by atoms with Gasteiger partial charge in [-0.15, -0.1) is 0 Å². The number of aliphatic hydroxyl groups excluding tert-OH is 1. The number of carbonyl (C=O) groups is 1. The van der Waals surface area contributed by atoms with Crippen molar-refractivity contribution >= 4 is 22.5 Å². The van der Waals surface area contributed by atoms with Crippen molar-refractivity contribution in [2.24, 2.45) is 0 Å². The van der Waals surface area contributed by atoms with Crippen molar-refractivity contribution < 1.29 is 15.0 Å². The van der Waals surface area contributed by atoms with E-state index in [9.17, 15) is 15.0 Å². The van der Waals surface area contributed by atoms with Gasteiger partial charge in [0.25, 0.3) is 0 Å². The van der Waals surface area contributed by atoms with Crippen LogP contribution in [0, 0.1) is 0 Å². The number of amides is 1. The van der Waals surface area contributed by atoms with Gasteiger partial charge in [-0.2, -0.15) is 0 Å². The van der Waals surface area contributed by atoms with E-state index in [0.717, 1.165) is 10.9 Å². The molecule has 1 aromatic carbocycles. The summed E-state index contributed by atoms with van der Waals surface area (Å²) in [5.41, 5.74) is 2.57. The lowest BCUT2D eigenvalue weighted by atomic mass is 10.1. The second kappa shape index (κ2) is 6.53. The van der Waals surface area contributed by atoms with Crippen molar-refractivity contribution in [3.63, 3.8) is 0 Å². The van der Waals surface area contributed by atoms with Crippen LogP contribution in [0.4, 0.5) is 5.69 Å². The third-order valence-electron chi connectivity index (χ3n) is 3.34. The Balaban J connectivity index is 2.01. The van der Waals surface area contributed by atoms with Crippen molar-refractivity contribution in [1.82, 2.24) is 15.0 Å². The van der Waals surface area contributed by atoms with Gasteiger partial charge >= 0.3 is 0 Å². The standard InChI is InChI=1S/C17H14N4O3/c1-2-15(22)20-12-5-6-18-13(8-12)10-3-4-11-9-19-16(17(23)24)21-14(11)7-10/h2-9,17,23-24H,1H2,(H,18,20,22). The van der Waals surface area contributed by atoms with E-state index in [1.54, 1.807) is 24.4 Å². The van der Waals surface area contributed by atoms with Crippen LogP contribution >= 0.6 is 0 Å². The Labute approximate surface area is 137 Å². The maximum absolute atomic E-state index is 11.4. The Kier molecular flexibility index (Phi) is 4.28. The SMILES string of the molecule is C=CC(=O)Nc1ccnc(-c2ccc3cnc(C(O)O)nc3c2)c1.